The molecular formula is C25H25FN6O2. The van der Waals surface area contributed by atoms with Gasteiger partial charge in [-0.3, -0.25) is 14.6 Å². The number of nitrogens with one attached hydrogen (secondary N) is 1. The number of pyridine rings is 1. The molecule has 8 nitrogen and oxygen atoms in total. The number of halogens is 1. The SMILES string of the molecule is CN1CC2CCN(C(=O)c3ccc(N=CC(=NN)c4cc5cc(F)ccc5[nH]c4=O)cc3)C2C1. The van der Waals surface area contributed by atoms with E-state index in [4.69, 9.17) is 5.84 Å². The van der Waals surface area contributed by atoms with Gasteiger partial charge in [0.2, 0.25) is 0 Å². The van der Waals surface area contributed by atoms with E-state index in [0.29, 0.717) is 28.1 Å². The molecule has 2 saturated heterocycles. The van der Waals surface area contributed by atoms with E-state index in [0.717, 1.165) is 26.1 Å². The Balaban J connectivity index is 1.33. The smallest absolute Gasteiger partial charge is 0.258 e. The molecule has 9 heteroatoms. The summed E-state index contributed by atoms with van der Waals surface area (Å²) < 4.78 is 13.6. The van der Waals surface area contributed by atoms with Crippen molar-refractivity contribution in [1.29, 1.82) is 0 Å². The monoisotopic (exact) mass is 460 g/mol. The topological polar surface area (TPSA) is 107 Å². The van der Waals surface area contributed by atoms with E-state index in [1.165, 1.54) is 30.5 Å². The lowest BCUT2D eigenvalue weighted by atomic mass is 10.0. The van der Waals surface area contributed by atoms with Crippen LogP contribution in [0.3, 0.4) is 0 Å². The maximum Gasteiger partial charge on any atom is 0.258 e. The normalized spacial score (nSPS) is 21.0. The predicted molar refractivity (Wildman–Crippen MR) is 130 cm³/mol. The number of nitrogens with zero attached hydrogens (tertiary/aromatic N) is 4. The minimum Gasteiger partial charge on any atom is -0.334 e. The number of hydrogen-bond acceptors (Lipinski definition) is 6. The number of carbonyl (C=O) groups excluding carboxylic acids is 1. The van der Waals surface area contributed by atoms with Gasteiger partial charge in [0.05, 0.1) is 17.5 Å². The van der Waals surface area contributed by atoms with Crippen molar-refractivity contribution in [2.75, 3.05) is 26.7 Å². The average Bonchev–Trinajstić information content (AvgIpc) is 3.39. The second kappa shape index (κ2) is 8.83. The highest BCUT2D eigenvalue weighted by Crippen LogP contribution is 2.32. The van der Waals surface area contributed by atoms with Crippen LogP contribution in [0.15, 0.2) is 63.4 Å². The van der Waals surface area contributed by atoms with Gasteiger partial charge in [0.25, 0.3) is 11.5 Å². The van der Waals surface area contributed by atoms with Gasteiger partial charge in [-0.1, -0.05) is 0 Å². The number of aromatic amines is 1. The average molecular weight is 461 g/mol. The van der Waals surface area contributed by atoms with Crippen LogP contribution in [0.1, 0.15) is 22.3 Å². The number of aliphatic imine (C=N–C) groups is 1. The summed E-state index contributed by atoms with van der Waals surface area (Å²) in [7, 11) is 2.09. The second-order valence-corrected chi connectivity index (χ2v) is 8.90. The zero-order valence-corrected chi connectivity index (χ0v) is 18.7. The van der Waals surface area contributed by atoms with E-state index in [2.05, 4.69) is 27.0 Å². The Labute approximate surface area is 195 Å². The lowest BCUT2D eigenvalue weighted by Crippen LogP contribution is -2.39. The first kappa shape index (κ1) is 22.0. The lowest BCUT2D eigenvalue weighted by Gasteiger charge is -2.24. The number of H-pyrrole nitrogens is 1. The first-order valence-corrected chi connectivity index (χ1v) is 11.2. The number of likely N-dealkylation sites (tertiary alicyclic amines) is 2. The van der Waals surface area contributed by atoms with Crippen molar-refractivity contribution in [1.82, 2.24) is 14.8 Å². The molecule has 1 amide bonds. The van der Waals surface area contributed by atoms with Crippen LogP contribution < -0.4 is 11.4 Å². The molecule has 0 radical (unpaired) electrons. The molecule has 3 N–H and O–H groups in total. The molecule has 34 heavy (non-hydrogen) atoms. The number of nitrogens with two attached hydrogens (primary N) is 1. The molecular weight excluding hydrogens is 435 g/mol. The highest BCUT2D eigenvalue weighted by Gasteiger charge is 2.42. The van der Waals surface area contributed by atoms with E-state index in [1.807, 2.05) is 4.90 Å². The van der Waals surface area contributed by atoms with Crippen molar-refractivity contribution >= 4 is 34.4 Å². The van der Waals surface area contributed by atoms with Crippen molar-refractivity contribution in [2.24, 2.45) is 21.9 Å². The van der Waals surface area contributed by atoms with E-state index in [9.17, 15) is 14.0 Å². The van der Waals surface area contributed by atoms with Gasteiger partial charge in [-0.15, -0.1) is 0 Å². The van der Waals surface area contributed by atoms with Gasteiger partial charge >= 0.3 is 0 Å². The Kier molecular flexibility index (Phi) is 5.70. The molecule has 2 atom stereocenters. The van der Waals surface area contributed by atoms with Crippen molar-refractivity contribution in [3.05, 3.63) is 75.8 Å². The van der Waals surface area contributed by atoms with Crippen LogP contribution in [0, 0.1) is 11.7 Å². The molecule has 174 valence electrons. The molecule has 0 aliphatic carbocycles. The molecule has 2 unspecified atom stereocenters. The Morgan fingerprint density at radius 3 is 2.74 bits per heavy atom. The van der Waals surface area contributed by atoms with Crippen molar-refractivity contribution in [2.45, 2.75) is 12.5 Å². The van der Waals surface area contributed by atoms with Crippen LogP contribution in [0.25, 0.3) is 10.9 Å². The number of likely N-dealkylation sites (N-methyl/N-ethyl adjacent to an activating group) is 1. The van der Waals surface area contributed by atoms with Gasteiger partial charge in [0, 0.05) is 42.1 Å². The molecule has 0 saturated carbocycles. The van der Waals surface area contributed by atoms with Crippen LogP contribution in [0.5, 0.6) is 0 Å². The molecule has 0 spiro atoms. The van der Waals surface area contributed by atoms with E-state index >= 15 is 0 Å². The van der Waals surface area contributed by atoms with Crippen molar-refractivity contribution in [3.63, 3.8) is 0 Å². The lowest BCUT2D eigenvalue weighted by molar-refractivity contribution is 0.0729. The molecule has 3 aromatic rings. The highest BCUT2D eigenvalue weighted by molar-refractivity contribution is 6.38. The Morgan fingerprint density at radius 1 is 1.18 bits per heavy atom. The quantitative estimate of drug-likeness (QED) is 0.354. The van der Waals surface area contributed by atoms with Crippen molar-refractivity contribution < 1.29 is 9.18 Å². The molecule has 2 aromatic carbocycles. The summed E-state index contributed by atoms with van der Waals surface area (Å²) in [5.41, 5.74) is 1.65. The fourth-order valence-corrected chi connectivity index (χ4v) is 4.96. The number of carbonyl (C=O) groups is 1. The van der Waals surface area contributed by atoms with E-state index < -0.39 is 11.4 Å². The fraction of sp³-hybridized carbons (Fsp3) is 0.280. The van der Waals surface area contributed by atoms with Gasteiger partial charge in [0.1, 0.15) is 11.5 Å². The third kappa shape index (κ3) is 4.10. The number of fused-ring (bicyclic) bond motifs is 2. The molecule has 1 aromatic heterocycles. The number of hydrazone groups is 1. The zero-order chi connectivity index (χ0) is 23.8. The maximum absolute atomic E-state index is 13.6. The van der Waals surface area contributed by atoms with Gasteiger partial charge in [-0.25, -0.2) is 4.39 Å². The minimum atomic E-state index is -0.413. The van der Waals surface area contributed by atoms with Gasteiger partial charge < -0.3 is 20.6 Å². The van der Waals surface area contributed by atoms with Crippen LogP contribution in [-0.2, 0) is 0 Å². The maximum atomic E-state index is 13.6. The summed E-state index contributed by atoms with van der Waals surface area (Å²) in [6, 6.07) is 12.9. The van der Waals surface area contributed by atoms with Crippen LogP contribution in [-0.4, -0.2) is 65.3 Å². The first-order valence-electron chi connectivity index (χ1n) is 11.2. The predicted octanol–water partition coefficient (Wildman–Crippen LogP) is 2.51. The van der Waals surface area contributed by atoms with Crippen LogP contribution >= 0.6 is 0 Å². The Hall–Kier alpha value is -3.85. The number of amides is 1. The Morgan fingerprint density at radius 2 is 1.97 bits per heavy atom. The van der Waals surface area contributed by atoms with Gasteiger partial charge in [0.15, 0.2) is 0 Å². The molecule has 5 rings (SSSR count). The number of rotatable bonds is 4. The summed E-state index contributed by atoms with van der Waals surface area (Å²) in [5.74, 6) is 5.70. The fourth-order valence-electron chi connectivity index (χ4n) is 4.96. The summed E-state index contributed by atoms with van der Waals surface area (Å²) in [5, 5.41) is 4.21. The second-order valence-electron chi connectivity index (χ2n) is 8.90. The summed E-state index contributed by atoms with van der Waals surface area (Å²) in [4.78, 5) is 36.8. The summed E-state index contributed by atoms with van der Waals surface area (Å²) in [6.45, 7) is 2.76. The third-order valence-corrected chi connectivity index (χ3v) is 6.66. The molecule has 2 fully saturated rings. The Bertz CT molecular complexity index is 1360. The standard InChI is InChI=1S/C25H25FN6O2/c1-31-13-16-8-9-32(23(16)14-31)25(34)15-2-5-19(6-3-15)28-12-22(30-27)20-11-17-10-18(26)4-7-21(17)29-24(20)33/h2-7,10-12,16,23H,8-9,13-14,27H2,1H3,(H,29,33). The minimum absolute atomic E-state index is 0.0393. The third-order valence-electron chi connectivity index (χ3n) is 6.66. The molecule has 2 aliphatic heterocycles. The van der Waals surface area contributed by atoms with E-state index in [1.54, 1.807) is 24.3 Å². The molecule has 3 heterocycles. The largest absolute Gasteiger partial charge is 0.334 e. The highest BCUT2D eigenvalue weighted by atomic mass is 19.1. The van der Waals surface area contributed by atoms with Crippen molar-refractivity contribution in [3.8, 4) is 0 Å². The summed E-state index contributed by atoms with van der Waals surface area (Å²) in [6.07, 6.45) is 2.43. The first-order chi connectivity index (χ1) is 16.4. The molecule has 0 bridgehead atoms. The zero-order valence-electron chi connectivity index (χ0n) is 18.7. The molecule has 2 aliphatic rings. The van der Waals surface area contributed by atoms with Crippen LogP contribution in [0.2, 0.25) is 0 Å². The van der Waals surface area contributed by atoms with Gasteiger partial charge in [-0.05, 0) is 67.9 Å². The summed E-state index contributed by atoms with van der Waals surface area (Å²) >= 11 is 0. The van der Waals surface area contributed by atoms with Gasteiger partial charge in [-0.2, -0.15) is 5.10 Å². The number of benzene rings is 2. The number of aromatic nitrogens is 1. The van der Waals surface area contributed by atoms with E-state index in [-0.39, 0.29) is 23.2 Å². The number of hydrogen-bond donors (Lipinski definition) is 2. The van der Waals surface area contributed by atoms with Crippen LogP contribution in [0.4, 0.5) is 10.1 Å².